The quantitative estimate of drug-likeness (QED) is 0.664. The largest absolute Gasteiger partial charge is 0.479 e. The Kier molecular flexibility index (Phi) is 5.95. The van der Waals surface area contributed by atoms with Crippen LogP contribution in [0.15, 0.2) is 48.5 Å². The lowest BCUT2D eigenvalue weighted by Crippen LogP contribution is -2.53. The number of carbonyl (C=O) groups excluding carboxylic acids is 2. The monoisotopic (exact) mass is 422 g/mol. The van der Waals surface area contributed by atoms with Crippen LogP contribution in [0.5, 0.6) is 0 Å². The molecule has 0 saturated heterocycles. The summed E-state index contributed by atoms with van der Waals surface area (Å²) in [6, 6.07) is 12.2. The molecule has 0 aliphatic heterocycles. The number of alkyl halides is 3. The molecule has 1 aliphatic carbocycles. The van der Waals surface area contributed by atoms with Gasteiger partial charge in [-0.15, -0.1) is 0 Å². The summed E-state index contributed by atoms with van der Waals surface area (Å²) in [5, 5.41) is 11.9. The van der Waals surface area contributed by atoms with Gasteiger partial charge < -0.3 is 20.5 Å². The Labute approximate surface area is 168 Å². The number of carboxylic acids is 1. The highest BCUT2D eigenvalue weighted by Gasteiger charge is 2.46. The molecule has 10 heteroatoms. The topological polar surface area (TPSA) is 105 Å². The number of rotatable bonds is 6. The van der Waals surface area contributed by atoms with E-state index in [-0.39, 0.29) is 12.5 Å². The maximum Gasteiger partial charge on any atom is 0.419 e. The zero-order valence-electron chi connectivity index (χ0n) is 15.4. The molecule has 1 atom stereocenters. The molecule has 1 aliphatic rings. The van der Waals surface area contributed by atoms with E-state index < -0.39 is 36.7 Å². The van der Waals surface area contributed by atoms with E-state index in [0.717, 1.165) is 22.3 Å². The number of aliphatic carboxylic acids is 1. The number of alkyl carbamates (subject to hydrolysis) is 1. The number of halogens is 3. The molecule has 2 aromatic carbocycles. The molecule has 0 spiro atoms. The lowest BCUT2D eigenvalue weighted by molar-refractivity contribution is -0.181. The van der Waals surface area contributed by atoms with Crippen molar-refractivity contribution < 1.29 is 37.4 Å². The first-order valence-electron chi connectivity index (χ1n) is 8.86. The second-order valence-corrected chi connectivity index (χ2v) is 6.56. The van der Waals surface area contributed by atoms with Gasteiger partial charge in [0.2, 0.25) is 11.9 Å². The van der Waals surface area contributed by atoms with E-state index in [0.29, 0.717) is 0 Å². The van der Waals surface area contributed by atoms with E-state index in [4.69, 9.17) is 9.84 Å². The SMILES string of the molecule is O=C(CNC(=O)OCC1c2ccccc2-c2ccccc21)NC(C(=O)O)C(F)(F)F. The van der Waals surface area contributed by atoms with Crippen LogP contribution in [0.4, 0.5) is 18.0 Å². The zero-order valence-corrected chi connectivity index (χ0v) is 15.4. The normalized spacial score (nSPS) is 13.7. The number of fused-ring (bicyclic) bond motifs is 3. The van der Waals surface area contributed by atoms with Gasteiger partial charge in [-0.25, -0.2) is 9.59 Å². The minimum absolute atomic E-state index is 0.0399. The summed E-state index contributed by atoms with van der Waals surface area (Å²) < 4.78 is 42.8. The number of carboxylic acid groups (broad SMARTS) is 1. The molecule has 30 heavy (non-hydrogen) atoms. The molecule has 2 amide bonds. The van der Waals surface area contributed by atoms with Gasteiger partial charge in [-0.1, -0.05) is 48.5 Å². The standard InChI is InChI=1S/C20H17F3N2O5/c21-20(22,23)17(18(27)28)25-16(26)9-24-19(29)30-10-15-13-7-3-1-5-11(13)12-6-2-4-8-14(12)15/h1-8,15,17H,9-10H2,(H,24,29)(H,25,26)(H,27,28). The number of hydrogen-bond acceptors (Lipinski definition) is 4. The van der Waals surface area contributed by atoms with E-state index in [1.165, 1.54) is 5.32 Å². The third kappa shape index (κ3) is 4.53. The molecule has 3 N–H and O–H groups in total. The first-order chi connectivity index (χ1) is 14.2. The van der Waals surface area contributed by atoms with Crippen LogP contribution in [0, 0.1) is 0 Å². The Balaban J connectivity index is 1.55. The van der Waals surface area contributed by atoms with E-state index in [2.05, 4.69) is 0 Å². The van der Waals surface area contributed by atoms with Crippen molar-refractivity contribution in [1.29, 1.82) is 0 Å². The Bertz CT molecular complexity index is 931. The van der Waals surface area contributed by atoms with Gasteiger partial charge in [-0.05, 0) is 22.3 Å². The lowest BCUT2D eigenvalue weighted by Gasteiger charge is -2.18. The van der Waals surface area contributed by atoms with Crippen LogP contribution in [-0.4, -0.2) is 48.4 Å². The molecular formula is C20H17F3N2O5. The summed E-state index contributed by atoms with van der Waals surface area (Å²) in [6.07, 6.45) is -6.17. The van der Waals surface area contributed by atoms with Gasteiger partial charge in [0.25, 0.3) is 0 Å². The van der Waals surface area contributed by atoms with Crippen molar-refractivity contribution in [3.05, 3.63) is 59.7 Å². The maximum absolute atomic E-state index is 12.6. The molecule has 0 saturated carbocycles. The van der Waals surface area contributed by atoms with Crippen LogP contribution in [-0.2, 0) is 14.3 Å². The van der Waals surface area contributed by atoms with Gasteiger partial charge in [-0.3, -0.25) is 4.79 Å². The summed E-state index contributed by atoms with van der Waals surface area (Å²) in [4.78, 5) is 34.1. The van der Waals surface area contributed by atoms with E-state index in [1.807, 2.05) is 53.8 Å². The van der Waals surface area contributed by atoms with Crippen molar-refractivity contribution in [3.63, 3.8) is 0 Å². The molecule has 0 heterocycles. The molecule has 3 rings (SSSR count). The smallest absolute Gasteiger partial charge is 0.419 e. The lowest BCUT2D eigenvalue weighted by atomic mass is 9.98. The van der Waals surface area contributed by atoms with Crippen molar-refractivity contribution in [2.24, 2.45) is 0 Å². The molecule has 0 aromatic heterocycles. The van der Waals surface area contributed by atoms with E-state index in [9.17, 15) is 27.6 Å². The van der Waals surface area contributed by atoms with Gasteiger partial charge >= 0.3 is 18.2 Å². The fourth-order valence-electron chi connectivity index (χ4n) is 3.30. The van der Waals surface area contributed by atoms with Crippen LogP contribution in [0.3, 0.4) is 0 Å². The fourth-order valence-corrected chi connectivity index (χ4v) is 3.30. The summed E-state index contributed by atoms with van der Waals surface area (Å²) in [6.45, 7) is -0.904. The first kappa shape index (κ1) is 21.2. The van der Waals surface area contributed by atoms with Crippen molar-refractivity contribution in [2.75, 3.05) is 13.2 Å². The van der Waals surface area contributed by atoms with Gasteiger partial charge in [-0.2, -0.15) is 13.2 Å². The Morgan fingerprint density at radius 3 is 2.03 bits per heavy atom. The molecule has 2 aromatic rings. The Hall–Kier alpha value is -3.56. The highest BCUT2D eigenvalue weighted by molar-refractivity contribution is 5.87. The van der Waals surface area contributed by atoms with Crippen molar-refractivity contribution in [3.8, 4) is 11.1 Å². The molecule has 1 unspecified atom stereocenters. The summed E-state index contributed by atoms with van der Waals surface area (Å²) in [5.41, 5.74) is 3.99. The summed E-state index contributed by atoms with van der Waals surface area (Å²) in [5.74, 6) is -3.79. The number of nitrogens with one attached hydrogen (secondary N) is 2. The van der Waals surface area contributed by atoms with Gasteiger partial charge in [0.1, 0.15) is 13.2 Å². The Morgan fingerprint density at radius 1 is 1.00 bits per heavy atom. The van der Waals surface area contributed by atoms with E-state index >= 15 is 0 Å². The minimum Gasteiger partial charge on any atom is -0.479 e. The van der Waals surface area contributed by atoms with Crippen molar-refractivity contribution in [1.82, 2.24) is 10.6 Å². The van der Waals surface area contributed by atoms with Gasteiger partial charge in [0, 0.05) is 5.92 Å². The van der Waals surface area contributed by atoms with Gasteiger partial charge in [0.15, 0.2) is 0 Å². The average molecular weight is 422 g/mol. The van der Waals surface area contributed by atoms with Crippen molar-refractivity contribution in [2.45, 2.75) is 18.1 Å². The van der Waals surface area contributed by atoms with Crippen LogP contribution >= 0.6 is 0 Å². The Morgan fingerprint density at radius 2 is 1.53 bits per heavy atom. The predicted molar refractivity (Wildman–Crippen MR) is 98.7 cm³/mol. The third-order valence-electron chi connectivity index (χ3n) is 4.62. The van der Waals surface area contributed by atoms with Crippen LogP contribution in [0.1, 0.15) is 17.0 Å². The van der Waals surface area contributed by atoms with Crippen LogP contribution in [0.2, 0.25) is 0 Å². The van der Waals surface area contributed by atoms with Crippen molar-refractivity contribution >= 4 is 18.0 Å². The highest BCUT2D eigenvalue weighted by atomic mass is 19.4. The van der Waals surface area contributed by atoms with Gasteiger partial charge in [0.05, 0.1) is 0 Å². The second-order valence-electron chi connectivity index (χ2n) is 6.56. The average Bonchev–Trinajstić information content (AvgIpc) is 3.01. The fraction of sp³-hybridized carbons (Fsp3) is 0.250. The number of carbonyl (C=O) groups is 3. The summed E-state index contributed by atoms with van der Waals surface area (Å²) in [7, 11) is 0. The minimum atomic E-state index is -5.16. The maximum atomic E-state index is 12.6. The first-order valence-corrected chi connectivity index (χ1v) is 8.86. The second kappa shape index (κ2) is 8.44. The number of ether oxygens (including phenoxy) is 1. The highest BCUT2D eigenvalue weighted by Crippen LogP contribution is 2.44. The predicted octanol–water partition coefficient (Wildman–Crippen LogP) is 2.66. The molecule has 7 nitrogen and oxygen atoms in total. The van der Waals surface area contributed by atoms with Crippen LogP contribution in [0.25, 0.3) is 11.1 Å². The number of hydrogen-bond donors (Lipinski definition) is 3. The molecule has 158 valence electrons. The van der Waals surface area contributed by atoms with E-state index in [1.54, 1.807) is 0 Å². The molecule has 0 radical (unpaired) electrons. The molecule has 0 bridgehead atoms. The summed E-state index contributed by atoms with van der Waals surface area (Å²) >= 11 is 0. The molecule has 0 fully saturated rings. The number of benzene rings is 2. The third-order valence-corrected chi connectivity index (χ3v) is 4.62. The zero-order chi connectivity index (χ0) is 21.9. The molecular weight excluding hydrogens is 405 g/mol. The van der Waals surface area contributed by atoms with Crippen LogP contribution < -0.4 is 10.6 Å². The number of amides is 2.